The molecule has 0 atom stereocenters. The monoisotopic (exact) mass is 566 g/mol. The summed E-state index contributed by atoms with van der Waals surface area (Å²) >= 11 is 3.45. The number of carbonyl (C=O) groups is 2. The van der Waals surface area contributed by atoms with Crippen LogP contribution in [0.3, 0.4) is 0 Å². The van der Waals surface area contributed by atoms with Crippen molar-refractivity contribution in [3.8, 4) is 11.4 Å². The highest BCUT2D eigenvalue weighted by molar-refractivity contribution is 9.10. The van der Waals surface area contributed by atoms with E-state index in [1.165, 1.54) is 6.33 Å². The summed E-state index contributed by atoms with van der Waals surface area (Å²) in [5, 5.41) is 6.08. The number of anilines is 1. The molecule has 5 N–H and O–H groups in total. The average molecular weight is 567 g/mol. The van der Waals surface area contributed by atoms with Crippen LogP contribution >= 0.6 is 15.9 Å². The quantitative estimate of drug-likeness (QED) is 0.256. The molecule has 4 aromatic rings. The van der Waals surface area contributed by atoms with Gasteiger partial charge in [-0.3, -0.25) is 24.4 Å². The molecule has 1 aliphatic heterocycles. The van der Waals surface area contributed by atoms with E-state index in [1.54, 1.807) is 4.57 Å². The Labute approximate surface area is 221 Å². The maximum absolute atomic E-state index is 13.3. The molecule has 0 unspecified atom stereocenters. The summed E-state index contributed by atoms with van der Waals surface area (Å²) in [6, 6.07) is 11.1. The number of hydrogen-bond acceptors (Lipinski definition) is 7. The number of aromatic nitrogens is 4. The van der Waals surface area contributed by atoms with Crippen molar-refractivity contribution >= 4 is 44.7 Å². The molecule has 11 nitrogen and oxygen atoms in total. The van der Waals surface area contributed by atoms with E-state index in [4.69, 9.17) is 10.5 Å². The minimum absolute atomic E-state index is 0.0195. The van der Waals surface area contributed by atoms with Crippen molar-refractivity contribution in [2.24, 2.45) is 5.73 Å². The van der Waals surface area contributed by atoms with Crippen molar-refractivity contribution < 1.29 is 14.3 Å². The van der Waals surface area contributed by atoms with Gasteiger partial charge in [-0.05, 0) is 36.8 Å². The van der Waals surface area contributed by atoms with Gasteiger partial charge in [0.15, 0.2) is 5.69 Å². The summed E-state index contributed by atoms with van der Waals surface area (Å²) in [6.45, 7) is 7.37. The number of aryl methyl sites for hydroxylation is 1. The molecule has 192 valence electrons. The molecule has 1 aliphatic rings. The van der Waals surface area contributed by atoms with E-state index in [9.17, 15) is 9.59 Å². The molecule has 0 radical (unpaired) electrons. The van der Waals surface area contributed by atoms with Gasteiger partial charge in [0.25, 0.3) is 11.8 Å². The van der Waals surface area contributed by atoms with Crippen LogP contribution in [0.2, 0.25) is 0 Å². The Morgan fingerprint density at radius 1 is 1.19 bits per heavy atom. The topological polar surface area (TPSA) is 143 Å². The van der Waals surface area contributed by atoms with Gasteiger partial charge in [0.1, 0.15) is 24.4 Å². The average Bonchev–Trinajstić information content (AvgIpc) is 3.50. The highest BCUT2D eigenvalue weighted by Gasteiger charge is 2.25. The van der Waals surface area contributed by atoms with Crippen LogP contribution in [0.25, 0.3) is 16.7 Å². The standard InChI is InChI=1S/C25H27BrN8O3/c1-15-2-3-16(26)12-20(15)34-14-29-21(23(27)35)22(34)24(36)32-25-30-18-5-4-17(13-19(18)31-25)37-11-10-33-8-6-28-7-9-33/h2-5,12-14,28H,6-11H2,1H3,(H2,27,35)(H2,30,31,32,36). The summed E-state index contributed by atoms with van der Waals surface area (Å²) in [6.07, 6.45) is 1.41. The normalized spacial score (nSPS) is 14.1. The molecule has 0 bridgehead atoms. The van der Waals surface area contributed by atoms with Crippen LogP contribution in [-0.4, -0.2) is 75.6 Å². The first-order chi connectivity index (χ1) is 17.9. The first-order valence-corrected chi connectivity index (χ1v) is 12.7. The Balaban J connectivity index is 1.34. The highest BCUT2D eigenvalue weighted by atomic mass is 79.9. The SMILES string of the molecule is Cc1ccc(Br)cc1-n1cnc(C(N)=O)c1C(=O)Nc1nc2ccc(OCCN3CCNCC3)cc2[nH]1. The van der Waals surface area contributed by atoms with Crippen molar-refractivity contribution in [1.29, 1.82) is 0 Å². The lowest BCUT2D eigenvalue weighted by molar-refractivity contribution is 0.0970. The highest BCUT2D eigenvalue weighted by Crippen LogP contribution is 2.25. The number of nitrogens with zero attached hydrogens (tertiary/aromatic N) is 4. The Morgan fingerprint density at radius 3 is 2.78 bits per heavy atom. The van der Waals surface area contributed by atoms with E-state index in [0.29, 0.717) is 29.1 Å². The van der Waals surface area contributed by atoms with Crippen LogP contribution in [0.15, 0.2) is 47.2 Å². The van der Waals surface area contributed by atoms with E-state index < -0.39 is 11.8 Å². The summed E-state index contributed by atoms with van der Waals surface area (Å²) in [5.74, 6) is -0.434. The lowest BCUT2D eigenvalue weighted by atomic mass is 10.2. The number of primary amides is 1. The second kappa shape index (κ2) is 10.7. The first-order valence-electron chi connectivity index (χ1n) is 11.9. The summed E-state index contributed by atoms with van der Waals surface area (Å²) in [5.41, 5.74) is 8.36. The van der Waals surface area contributed by atoms with Gasteiger partial charge in [0.2, 0.25) is 5.95 Å². The number of aromatic amines is 1. The van der Waals surface area contributed by atoms with Gasteiger partial charge < -0.3 is 20.8 Å². The zero-order chi connectivity index (χ0) is 25.9. The summed E-state index contributed by atoms with van der Waals surface area (Å²) in [7, 11) is 0. The first kappa shape index (κ1) is 24.9. The molecule has 3 heterocycles. The largest absolute Gasteiger partial charge is 0.492 e. The van der Waals surface area contributed by atoms with Crippen LogP contribution in [0.4, 0.5) is 5.95 Å². The molecule has 1 saturated heterocycles. The Bertz CT molecular complexity index is 1460. The van der Waals surface area contributed by atoms with Crippen LogP contribution in [-0.2, 0) is 0 Å². The zero-order valence-electron chi connectivity index (χ0n) is 20.3. The maximum Gasteiger partial charge on any atom is 0.277 e. The molecule has 1 fully saturated rings. The van der Waals surface area contributed by atoms with Crippen molar-refractivity contribution in [3.63, 3.8) is 0 Å². The maximum atomic E-state index is 13.3. The third kappa shape index (κ3) is 5.50. The summed E-state index contributed by atoms with van der Waals surface area (Å²) < 4.78 is 8.29. The number of ether oxygens (including phenoxy) is 1. The van der Waals surface area contributed by atoms with Crippen molar-refractivity contribution in [2.45, 2.75) is 6.92 Å². The third-order valence-corrected chi connectivity index (χ3v) is 6.71. The van der Waals surface area contributed by atoms with Crippen LogP contribution in [0.1, 0.15) is 26.5 Å². The molecule has 0 spiro atoms. The second-order valence-electron chi connectivity index (χ2n) is 8.77. The van der Waals surface area contributed by atoms with Gasteiger partial charge in [0.05, 0.1) is 16.7 Å². The summed E-state index contributed by atoms with van der Waals surface area (Å²) in [4.78, 5) is 39.4. The second-order valence-corrected chi connectivity index (χ2v) is 9.68. The van der Waals surface area contributed by atoms with Gasteiger partial charge in [0, 0.05) is 43.3 Å². The lowest BCUT2D eigenvalue weighted by Gasteiger charge is -2.26. The Hall–Kier alpha value is -3.74. The van der Waals surface area contributed by atoms with E-state index in [1.807, 2.05) is 43.3 Å². The number of rotatable bonds is 8. The molecular formula is C25H27BrN8O3. The van der Waals surface area contributed by atoms with Crippen LogP contribution < -0.4 is 21.1 Å². The predicted octanol–water partition coefficient (Wildman–Crippen LogP) is 2.45. The number of amides is 2. The molecule has 37 heavy (non-hydrogen) atoms. The van der Waals surface area contributed by atoms with Crippen molar-refractivity contribution in [1.82, 2.24) is 29.7 Å². The van der Waals surface area contributed by atoms with Gasteiger partial charge in [-0.1, -0.05) is 22.0 Å². The van der Waals surface area contributed by atoms with E-state index in [-0.39, 0.29) is 17.3 Å². The number of fused-ring (bicyclic) bond motifs is 1. The van der Waals surface area contributed by atoms with Crippen LogP contribution in [0.5, 0.6) is 5.75 Å². The zero-order valence-corrected chi connectivity index (χ0v) is 21.8. The Kier molecular flexibility index (Phi) is 7.22. The van der Waals surface area contributed by atoms with Gasteiger partial charge in [-0.25, -0.2) is 9.97 Å². The fourth-order valence-electron chi connectivity index (χ4n) is 4.30. The van der Waals surface area contributed by atoms with Crippen molar-refractivity contribution in [3.05, 3.63) is 64.1 Å². The number of nitrogens with two attached hydrogens (primary N) is 1. The molecule has 0 aliphatic carbocycles. The lowest BCUT2D eigenvalue weighted by Crippen LogP contribution is -2.44. The van der Waals surface area contributed by atoms with Gasteiger partial charge in [-0.15, -0.1) is 0 Å². The third-order valence-electron chi connectivity index (χ3n) is 6.22. The number of nitrogens with one attached hydrogen (secondary N) is 3. The number of H-pyrrole nitrogens is 1. The number of imidazole rings is 2. The molecule has 2 aromatic heterocycles. The minimum atomic E-state index is -0.802. The van der Waals surface area contributed by atoms with Crippen LogP contribution in [0, 0.1) is 6.92 Å². The number of piperazine rings is 1. The minimum Gasteiger partial charge on any atom is -0.492 e. The molecule has 2 aromatic carbocycles. The smallest absolute Gasteiger partial charge is 0.277 e. The molecule has 5 rings (SSSR count). The fourth-order valence-corrected chi connectivity index (χ4v) is 4.65. The van der Waals surface area contributed by atoms with E-state index >= 15 is 0 Å². The van der Waals surface area contributed by atoms with Crippen molar-refractivity contribution in [2.75, 3.05) is 44.6 Å². The number of halogens is 1. The fraction of sp³-hybridized carbons (Fsp3) is 0.280. The molecule has 2 amide bonds. The predicted molar refractivity (Wildman–Crippen MR) is 143 cm³/mol. The van der Waals surface area contributed by atoms with E-state index in [0.717, 1.165) is 42.8 Å². The molecular weight excluding hydrogens is 540 g/mol. The molecule has 0 saturated carbocycles. The van der Waals surface area contributed by atoms with Gasteiger partial charge >= 0.3 is 0 Å². The number of hydrogen-bond donors (Lipinski definition) is 4. The number of carbonyl (C=O) groups excluding carboxylic acids is 2. The number of benzene rings is 2. The van der Waals surface area contributed by atoms with E-state index in [2.05, 4.69) is 46.4 Å². The molecule has 12 heteroatoms. The van der Waals surface area contributed by atoms with Gasteiger partial charge in [-0.2, -0.15) is 0 Å². The Morgan fingerprint density at radius 2 is 2.00 bits per heavy atom.